The number of carbonyl (C=O) groups is 1. The number of nitrogens with zero attached hydrogens (tertiary/aromatic N) is 3. The zero-order valence-electron chi connectivity index (χ0n) is 18.1. The Morgan fingerprint density at radius 3 is 2.61 bits per heavy atom. The van der Waals surface area contributed by atoms with Crippen LogP contribution >= 0.6 is 11.8 Å². The van der Waals surface area contributed by atoms with Gasteiger partial charge in [0.05, 0.1) is 34.9 Å². The summed E-state index contributed by atoms with van der Waals surface area (Å²) >= 11 is 1.76. The molecule has 0 aliphatic heterocycles. The maximum Gasteiger partial charge on any atom is 0.255 e. The molecule has 1 amide bonds. The van der Waals surface area contributed by atoms with Gasteiger partial charge in [0, 0.05) is 5.69 Å². The Morgan fingerprint density at radius 1 is 1.13 bits per heavy atom. The third kappa shape index (κ3) is 4.66. The monoisotopic (exact) mass is 433 g/mol. The van der Waals surface area contributed by atoms with E-state index in [0.29, 0.717) is 12.1 Å². The second-order valence-corrected chi connectivity index (χ2v) is 8.62. The molecule has 1 atom stereocenters. The lowest BCUT2D eigenvalue weighted by Gasteiger charge is -2.16. The smallest absolute Gasteiger partial charge is 0.255 e. The number of hydrogen-bond donors (Lipinski definition) is 2. The van der Waals surface area contributed by atoms with Crippen LogP contribution in [0.15, 0.2) is 54.6 Å². The predicted molar refractivity (Wildman–Crippen MR) is 127 cm³/mol. The molecule has 0 unspecified atom stereocenters. The van der Waals surface area contributed by atoms with E-state index in [0.717, 1.165) is 46.0 Å². The third-order valence-corrected chi connectivity index (χ3v) is 6.08. The molecule has 2 aromatic carbocycles. The van der Waals surface area contributed by atoms with Crippen LogP contribution in [0.4, 0.5) is 0 Å². The van der Waals surface area contributed by atoms with E-state index in [1.807, 2.05) is 61.0 Å². The first-order valence-corrected chi connectivity index (χ1v) is 11.8. The Labute approximate surface area is 186 Å². The van der Waals surface area contributed by atoms with Gasteiger partial charge in [-0.3, -0.25) is 9.48 Å². The molecule has 0 aliphatic carbocycles. The van der Waals surface area contributed by atoms with Gasteiger partial charge in [0.1, 0.15) is 5.82 Å². The minimum Gasteiger partial charge on any atom is -0.342 e. The second-order valence-electron chi connectivity index (χ2n) is 7.64. The molecule has 2 N–H and O–H groups in total. The van der Waals surface area contributed by atoms with Gasteiger partial charge in [-0.2, -0.15) is 16.9 Å². The Kier molecular flexibility index (Phi) is 6.42. The summed E-state index contributed by atoms with van der Waals surface area (Å²) in [6.07, 6.45) is 2.86. The zero-order chi connectivity index (χ0) is 21.8. The number of carbonyl (C=O) groups excluding carboxylic acids is 1. The number of aryl methyl sites for hydroxylation is 1. The summed E-state index contributed by atoms with van der Waals surface area (Å²) in [5.74, 6) is 1.60. The Morgan fingerprint density at radius 2 is 1.87 bits per heavy atom. The van der Waals surface area contributed by atoms with Gasteiger partial charge >= 0.3 is 0 Å². The van der Waals surface area contributed by atoms with Gasteiger partial charge in [-0.05, 0) is 50.0 Å². The molecule has 4 aromatic rings. The van der Waals surface area contributed by atoms with Crippen LogP contribution in [0.25, 0.3) is 11.0 Å². The van der Waals surface area contributed by atoms with Gasteiger partial charge in [0.15, 0.2) is 0 Å². The van der Waals surface area contributed by atoms with Gasteiger partial charge < -0.3 is 10.3 Å². The minimum atomic E-state index is -0.191. The number of aromatic amines is 1. The van der Waals surface area contributed by atoms with Crippen LogP contribution in [0.3, 0.4) is 0 Å². The van der Waals surface area contributed by atoms with Gasteiger partial charge in [-0.15, -0.1) is 0 Å². The highest BCUT2D eigenvalue weighted by molar-refractivity contribution is 7.98. The van der Waals surface area contributed by atoms with E-state index in [2.05, 4.69) is 33.8 Å². The molecule has 0 bridgehead atoms. The zero-order valence-corrected chi connectivity index (χ0v) is 18.9. The highest BCUT2D eigenvalue weighted by Gasteiger charge is 2.24. The number of aromatic nitrogens is 4. The largest absolute Gasteiger partial charge is 0.342 e. The third-order valence-electron chi connectivity index (χ3n) is 5.44. The van der Waals surface area contributed by atoms with Gasteiger partial charge in [-0.25, -0.2) is 4.98 Å². The number of para-hydroxylation sites is 2. The van der Waals surface area contributed by atoms with Crippen molar-refractivity contribution >= 4 is 28.7 Å². The Balaban J connectivity index is 1.58. The number of thioether (sulfide) groups is 1. The number of amides is 1. The summed E-state index contributed by atoms with van der Waals surface area (Å²) in [5.41, 5.74) is 5.28. The van der Waals surface area contributed by atoms with Crippen LogP contribution < -0.4 is 5.32 Å². The molecule has 2 aromatic heterocycles. The van der Waals surface area contributed by atoms with Crippen LogP contribution in [0.5, 0.6) is 0 Å². The lowest BCUT2D eigenvalue weighted by Crippen LogP contribution is -2.30. The molecule has 0 saturated heterocycles. The van der Waals surface area contributed by atoms with Crippen molar-refractivity contribution in [2.75, 3.05) is 12.0 Å². The van der Waals surface area contributed by atoms with E-state index in [4.69, 9.17) is 4.98 Å². The standard InChI is InChI=1S/C24H27N5OS/c1-16-22(17(2)29(28-16)15-18-9-5-4-6-10-18)24(30)27-21(13-14-31-3)23-25-19-11-7-8-12-20(19)26-23/h4-12,21H,13-15H2,1-3H3,(H,25,26)(H,27,30)/t21-/m0/s1. The molecule has 6 nitrogen and oxygen atoms in total. The van der Waals surface area contributed by atoms with E-state index in [1.165, 1.54) is 0 Å². The first-order chi connectivity index (χ1) is 15.1. The summed E-state index contributed by atoms with van der Waals surface area (Å²) < 4.78 is 1.90. The highest BCUT2D eigenvalue weighted by Crippen LogP contribution is 2.22. The fourth-order valence-corrected chi connectivity index (χ4v) is 4.29. The van der Waals surface area contributed by atoms with E-state index in [-0.39, 0.29) is 11.9 Å². The SMILES string of the molecule is CSCC[C@H](NC(=O)c1c(C)nn(Cc2ccccc2)c1C)c1nc2ccccc2[nH]1. The molecule has 2 heterocycles. The van der Waals surface area contributed by atoms with Crippen molar-refractivity contribution < 1.29 is 4.79 Å². The number of hydrogen-bond acceptors (Lipinski definition) is 4. The van der Waals surface area contributed by atoms with Crippen molar-refractivity contribution in [3.05, 3.63) is 82.9 Å². The average molecular weight is 434 g/mol. The molecule has 0 fully saturated rings. The molecule has 0 spiro atoms. The molecule has 0 saturated carbocycles. The second kappa shape index (κ2) is 9.39. The summed E-state index contributed by atoms with van der Waals surface area (Å²) in [6.45, 7) is 4.48. The van der Waals surface area contributed by atoms with Gasteiger partial charge in [0.2, 0.25) is 0 Å². The molecule has 160 valence electrons. The molecule has 31 heavy (non-hydrogen) atoms. The summed E-state index contributed by atoms with van der Waals surface area (Å²) in [6, 6.07) is 17.9. The van der Waals surface area contributed by atoms with Crippen molar-refractivity contribution in [2.45, 2.75) is 32.9 Å². The van der Waals surface area contributed by atoms with Crippen molar-refractivity contribution in [3.8, 4) is 0 Å². The number of imidazole rings is 1. The Hall–Kier alpha value is -3.06. The van der Waals surface area contributed by atoms with Crippen LogP contribution in [0.1, 0.15) is 45.6 Å². The first kappa shape index (κ1) is 21.2. The van der Waals surface area contributed by atoms with E-state index >= 15 is 0 Å². The number of rotatable bonds is 8. The maximum atomic E-state index is 13.3. The Bertz CT molecular complexity index is 1150. The van der Waals surface area contributed by atoms with E-state index in [9.17, 15) is 4.79 Å². The van der Waals surface area contributed by atoms with Crippen molar-refractivity contribution in [2.24, 2.45) is 0 Å². The summed E-state index contributed by atoms with van der Waals surface area (Å²) in [4.78, 5) is 21.4. The number of fused-ring (bicyclic) bond motifs is 1. The van der Waals surface area contributed by atoms with Crippen molar-refractivity contribution in [1.29, 1.82) is 0 Å². The van der Waals surface area contributed by atoms with Gasteiger partial charge in [0.25, 0.3) is 5.91 Å². The van der Waals surface area contributed by atoms with Crippen LogP contribution in [0.2, 0.25) is 0 Å². The van der Waals surface area contributed by atoms with Crippen molar-refractivity contribution in [3.63, 3.8) is 0 Å². The van der Waals surface area contributed by atoms with E-state index < -0.39 is 0 Å². The molecular weight excluding hydrogens is 406 g/mol. The lowest BCUT2D eigenvalue weighted by molar-refractivity contribution is 0.0933. The quantitative estimate of drug-likeness (QED) is 0.424. The molecule has 4 rings (SSSR count). The normalized spacial score (nSPS) is 12.2. The maximum absolute atomic E-state index is 13.3. The predicted octanol–water partition coefficient (Wildman–Crippen LogP) is 4.65. The first-order valence-electron chi connectivity index (χ1n) is 10.4. The summed E-state index contributed by atoms with van der Waals surface area (Å²) in [7, 11) is 0. The average Bonchev–Trinajstić information content (AvgIpc) is 3.32. The number of H-pyrrole nitrogens is 1. The summed E-state index contributed by atoms with van der Waals surface area (Å²) in [5, 5.41) is 7.84. The fraction of sp³-hybridized carbons (Fsp3) is 0.292. The molecule has 0 aliphatic rings. The topological polar surface area (TPSA) is 75.6 Å². The van der Waals surface area contributed by atoms with Crippen LogP contribution in [0, 0.1) is 13.8 Å². The van der Waals surface area contributed by atoms with Crippen LogP contribution in [-0.4, -0.2) is 37.7 Å². The molecular formula is C24H27N5OS. The van der Waals surface area contributed by atoms with E-state index in [1.54, 1.807) is 11.8 Å². The van der Waals surface area contributed by atoms with Crippen molar-refractivity contribution in [1.82, 2.24) is 25.1 Å². The minimum absolute atomic E-state index is 0.110. The number of nitrogens with one attached hydrogen (secondary N) is 2. The highest BCUT2D eigenvalue weighted by atomic mass is 32.2. The van der Waals surface area contributed by atoms with Crippen LogP contribution in [-0.2, 0) is 6.54 Å². The lowest BCUT2D eigenvalue weighted by atomic mass is 10.1. The fourth-order valence-electron chi connectivity index (χ4n) is 3.82. The molecule has 7 heteroatoms. The molecule has 0 radical (unpaired) electrons. The number of benzene rings is 2. The van der Waals surface area contributed by atoms with Gasteiger partial charge in [-0.1, -0.05) is 42.5 Å².